The molecular weight excluding hydrogens is 429 g/mol. The number of para-hydroxylation sites is 1. The highest BCUT2D eigenvalue weighted by Crippen LogP contribution is 2.38. The summed E-state index contributed by atoms with van der Waals surface area (Å²) in [5.74, 6) is 1.32. The van der Waals surface area contributed by atoms with Gasteiger partial charge in [-0.05, 0) is 42.0 Å². The molecule has 2 aromatic heterocycles. The summed E-state index contributed by atoms with van der Waals surface area (Å²) in [6.07, 6.45) is 1.86. The van der Waals surface area contributed by atoms with Crippen LogP contribution in [0.15, 0.2) is 91.1 Å². The molecule has 7 heteroatoms. The summed E-state index contributed by atoms with van der Waals surface area (Å²) in [6, 6.07) is 25.3. The number of carbonyl (C=O) groups excluding carboxylic acids is 1. The standard InChI is InChI=1S/C27H18FN5O/c28-21-8-3-1-6-19(21)24(34)16-17-11-13-18(14-12-17)26-31-32-27-20-7-2-4-9-22(20)30-25-23(33(26)27)10-5-15-29-25/h1-15H,16H2,(H,29,30). The average Bonchev–Trinajstić information content (AvgIpc) is 3.24. The van der Waals surface area contributed by atoms with Gasteiger partial charge in [-0.15, -0.1) is 10.2 Å². The minimum absolute atomic E-state index is 0.102. The van der Waals surface area contributed by atoms with Gasteiger partial charge in [0.1, 0.15) is 5.82 Å². The van der Waals surface area contributed by atoms with Crippen molar-refractivity contribution in [2.75, 3.05) is 5.32 Å². The van der Waals surface area contributed by atoms with Crippen molar-refractivity contribution in [3.8, 4) is 28.5 Å². The van der Waals surface area contributed by atoms with E-state index in [9.17, 15) is 9.18 Å². The average molecular weight is 447 g/mol. The quantitative estimate of drug-likeness (QED) is 0.355. The summed E-state index contributed by atoms with van der Waals surface area (Å²) < 4.78 is 16.0. The number of Topliss-reactive ketones (excluding diaryl/α,β-unsaturated/α-hetero) is 1. The second-order valence-electron chi connectivity index (χ2n) is 8.00. The Morgan fingerprint density at radius 3 is 2.47 bits per heavy atom. The largest absolute Gasteiger partial charge is 0.338 e. The van der Waals surface area contributed by atoms with E-state index >= 15 is 0 Å². The highest BCUT2D eigenvalue weighted by Gasteiger charge is 2.24. The van der Waals surface area contributed by atoms with Gasteiger partial charge in [-0.25, -0.2) is 9.37 Å². The first-order chi connectivity index (χ1) is 16.7. The van der Waals surface area contributed by atoms with Gasteiger partial charge in [0.2, 0.25) is 0 Å². The number of nitrogens with one attached hydrogen (secondary N) is 1. The third-order valence-electron chi connectivity index (χ3n) is 5.86. The first-order valence-electron chi connectivity index (χ1n) is 10.8. The zero-order valence-electron chi connectivity index (χ0n) is 17.9. The van der Waals surface area contributed by atoms with E-state index in [0.717, 1.165) is 28.1 Å². The fourth-order valence-corrected chi connectivity index (χ4v) is 4.20. The van der Waals surface area contributed by atoms with Crippen LogP contribution in [-0.2, 0) is 6.42 Å². The Labute approximate surface area is 194 Å². The summed E-state index contributed by atoms with van der Waals surface area (Å²) in [6.45, 7) is 0. The Hall–Kier alpha value is -4.65. The molecule has 5 aromatic rings. The maximum absolute atomic E-state index is 14.0. The van der Waals surface area contributed by atoms with E-state index in [4.69, 9.17) is 0 Å². The van der Waals surface area contributed by atoms with Crippen molar-refractivity contribution in [1.29, 1.82) is 0 Å². The number of anilines is 2. The van der Waals surface area contributed by atoms with Crippen LogP contribution < -0.4 is 5.32 Å². The number of hydrogen-bond donors (Lipinski definition) is 1. The highest BCUT2D eigenvalue weighted by molar-refractivity contribution is 5.97. The molecule has 0 saturated carbocycles. The first kappa shape index (κ1) is 20.0. The third kappa shape index (κ3) is 3.34. The maximum Gasteiger partial charge on any atom is 0.171 e. The Morgan fingerprint density at radius 1 is 0.853 bits per heavy atom. The molecule has 0 spiro atoms. The lowest BCUT2D eigenvalue weighted by Crippen LogP contribution is -2.06. The van der Waals surface area contributed by atoms with Gasteiger partial charge in [0.25, 0.3) is 0 Å². The van der Waals surface area contributed by atoms with E-state index in [1.54, 1.807) is 18.3 Å². The van der Waals surface area contributed by atoms with Crippen LogP contribution in [0.3, 0.4) is 0 Å². The van der Waals surface area contributed by atoms with E-state index in [-0.39, 0.29) is 17.8 Å². The fourth-order valence-electron chi connectivity index (χ4n) is 4.20. The zero-order valence-corrected chi connectivity index (χ0v) is 17.9. The molecule has 0 unspecified atom stereocenters. The molecule has 1 N–H and O–H groups in total. The van der Waals surface area contributed by atoms with Gasteiger partial charge in [0.05, 0.1) is 16.9 Å². The number of carbonyl (C=O) groups is 1. The number of nitrogens with zero attached hydrogens (tertiary/aromatic N) is 4. The number of benzene rings is 3. The number of fused-ring (bicyclic) bond motifs is 5. The van der Waals surface area contributed by atoms with Crippen molar-refractivity contribution in [3.63, 3.8) is 0 Å². The Kier molecular flexibility index (Phi) is 4.73. The normalized spacial score (nSPS) is 11.6. The van der Waals surface area contributed by atoms with Crippen LogP contribution in [0, 0.1) is 5.82 Å². The third-order valence-corrected chi connectivity index (χ3v) is 5.86. The van der Waals surface area contributed by atoms with Gasteiger partial charge in [0.15, 0.2) is 23.2 Å². The molecule has 6 nitrogen and oxygen atoms in total. The van der Waals surface area contributed by atoms with E-state index < -0.39 is 5.82 Å². The Balaban J connectivity index is 1.39. The van der Waals surface area contributed by atoms with Crippen LogP contribution in [0.4, 0.5) is 15.9 Å². The molecule has 1 aliphatic heterocycles. The molecule has 34 heavy (non-hydrogen) atoms. The van der Waals surface area contributed by atoms with E-state index in [2.05, 4.69) is 20.5 Å². The number of hydrogen-bond acceptors (Lipinski definition) is 5. The van der Waals surface area contributed by atoms with Crippen molar-refractivity contribution in [2.45, 2.75) is 6.42 Å². The summed E-state index contributed by atoms with van der Waals surface area (Å²) in [4.78, 5) is 17.1. The van der Waals surface area contributed by atoms with Crippen LogP contribution in [-0.4, -0.2) is 25.5 Å². The predicted molar refractivity (Wildman–Crippen MR) is 128 cm³/mol. The van der Waals surface area contributed by atoms with Crippen molar-refractivity contribution in [3.05, 3.63) is 108 Å². The summed E-state index contributed by atoms with van der Waals surface area (Å²) in [5.41, 5.74) is 4.40. The SMILES string of the molecule is O=C(Cc1ccc(-c2nnc3n2-c2cccnc2Nc2ccccc2-3)cc1)c1ccccc1F. The van der Waals surface area contributed by atoms with E-state index in [0.29, 0.717) is 17.5 Å². The molecule has 0 aliphatic carbocycles. The zero-order chi connectivity index (χ0) is 23.1. The lowest BCUT2D eigenvalue weighted by Gasteiger charge is -2.11. The van der Waals surface area contributed by atoms with Gasteiger partial charge < -0.3 is 5.32 Å². The van der Waals surface area contributed by atoms with Crippen molar-refractivity contribution in [2.24, 2.45) is 0 Å². The maximum atomic E-state index is 14.0. The molecule has 6 rings (SSSR count). The second-order valence-corrected chi connectivity index (χ2v) is 8.00. The molecule has 0 saturated heterocycles. The lowest BCUT2D eigenvalue weighted by molar-refractivity contribution is 0.0989. The van der Waals surface area contributed by atoms with Gasteiger partial charge in [-0.3, -0.25) is 9.36 Å². The van der Waals surface area contributed by atoms with Crippen LogP contribution >= 0.6 is 0 Å². The van der Waals surface area contributed by atoms with Crippen molar-refractivity contribution >= 4 is 17.3 Å². The highest BCUT2D eigenvalue weighted by atomic mass is 19.1. The van der Waals surface area contributed by atoms with Gasteiger partial charge in [0, 0.05) is 23.7 Å². The molecule has 0 radical (unpaired) electrons. The molecule has 0 bridgehead atoms. The smallest absolute Gasteiger partial charge is 0.171 e. The van der Waals surface area contributed by atoms with Crippen molar-refractivity contribution < 1.29 is 9.18 Å². The van der Waals surface area contributed by atoms with Crippen LogP contribution in [0.1, 0.15) is 15.9 Å². The number of rotatable bonds is 4. The Bertz CT molecular complexity index is 1540. The number of ketones is 1. The molecule has 0 fully saturated rings. The van der Waals surface area contributed by atoms with E-state index in [1.165, 1.54) is 12.1 Å². The molecule has 3 aromatic carbocycles. The van der Waals surface area contributed by atoms with E-state index in [1.807, 2.05) is 65.2 Å². The predicted octanol–water partition coefficient (Wildman–Crippen LogP) is 5.62. The van der Waals surface area contributed by atoms with Crippen LogP contribution in [0.25, 0.3) is 28.5 Å². The molecule has 3 heterocycles. The summed E-state index contributed by atoms with van der Waals surface area (Å²) in [5, 5.41) is 12.4. The summed E-state index contributed by atoms with van der Waals surface area (Å²) >= 11 is 0. The number of pyridine rings is 1. The van der Waals surface area contributed by atoms with Gasteiger partial charge in [-0.2, -0.15) is 0 Å². The topological polar surface area (TPSA) is 72.7 Å². The molecule has 164 valence electrons. The lowest BCUT2D eigenvalue weighted by atomic mass is 10.0. The van der Waals surface area contributed by atoms with Gasteiger partial charge >= 0.3 is 0 Å². The number of halogens is 1. The Morgan fingerprint density at radius 2 is 1.62 bits per heavy atom. The van der Waals surface area contributed by atoms with Crippen LogP contribution in [0.2, 0.25) is 0 Å². The number of aromatic nitrogens is 4. The minimum Gasteiger partial charge on any atom is -0.338 e. The molecule has 0 amide bonds. The second kappa shape index (κ2) is 8.04. The molecular formula is C27H18FN5O. The van der Waals surface area contributed by atoms with Gasteiger partial charge in [-0.1, -0.05) is 48.5 Å². The minimum atomic E-state index is -0.503. The van der Waals surface area contributed by atoms with Crippen molar-refractivity contribution in [1.82, 2.24) is 19.7 Å². The van der Waals surface area contributed by atoms with Crippen LogP contribution in [0.5, 0.6) is 0 Å². The fraction of sp³-hybridized carbons (Fsp3) is 0.0370. The molecule has 1 aliphatic rings. The monoisotopic (exact) mass is 447 g/mol. The summed E-state index contributed by atoms with van der Waals surface area (Å²) in [7, 11) is 0. The first-order valence-corrected chi connectivity index (χ1v) is 10.8. The molecule has 0 atom stereocenters.